The molecule has 2 N–H and O–H groups in total. The summed E-state index contributed by atoms with van der Waals surface area (Å²) in [6, 6.07) is 6.39. The fourth-order valence-corrected chi connectivity index (χ4v) is 3.25. The quantitative estimate of drug-likeness (QED) is 0.850. The molecule has 1 atom stereocenters. The normalized spacial score (nSPS) is 21.7. The average Bonchev–Trinajstić information content (AvgIpc) is 2.95. The lowest BCUT2D eigenvalue weighted by atomic mass is 10.00. The first kappa shape index (κ1) is 12.3. The van der Waals surface area contributed by atoms with E-state index in [9.17, 15) is 4.79 Å². The van der Waals surface area contributed by atoms with Gasteiger partial charge in [-0.05, 0) is 43.4 Å². The second-order valence-corrected chi connectivity index (χ2v) is 5.30. The van der Waals surface area contributed by atoms with Crippen molar-refractivity contribution in [2.24, 2.45) is 0 Å². The molecule has 4 nitrogen and oxygen atoms in total. The minimum Gasteiger partial charge on any atom is -0.385 e. The van der Waals surface area contributed by atoms with E-state index in [1.54, 1.807) is 7.05 Å². The number of carbonyl (C=O) groups is 1. The molecule has 3 rings (SSSR count). The van der Waals surface area contributed by atoms with Crippen molar-refractivity contribution in [2.45, 2.75) is 31.7 Å². The maximum atomic E-state index is 12.0. The maximum Gasteiger partial charge on any atom is 0.242 e. The first-order valence-electron chi connectivity index (χ1n) is 7.15. The van der Waals surface area contributed by atoms with Crippen LogP contribution in [0.4, 0.5) is 11.4 Å². The van der Waals surface area contributed by atoms with Crippen LogP contribution >= 0.6 is 0 Å². The first-order chi connectivity index (χ1) is 9.31. The van der Waals surface area contributed by atoms with Crippen molar-refractivity contribution in [3.63, 3.8) is 0 Å². The smallest absolute Gasteiger partial charge is 0.242 e. The Morgan fingerprint density at radius 1 is 1.42 bits per heavy atom. The summed E-state index contributed by atoms with van der Waals surface area (Å²) in [6.45, 7) is 2.03. The minimum absolute atomic E-state index is 0.00146. The fourth-order valence-electron chi connectivity index (χ4n) is 3.25. The van der Waals surface area contributed by atoms with E-state index in [0.29, 0.717) is 0 Å². The maximum absolute atomic E-state index is 12.0. The standard InChI is InChI=1S/C15H21N3O/c1-16-15(19)14-8-4-10-18(14)13-7-2-6-12-11(13)5-3-9-17-12/h2,6-7,14,17H,3-5,8-10H2,1H3,(H,16,19). The molecule has 0 bridgehead atoms. The number of nitrogens with one attached hydrogen (secondary N) is 2. The van der Waals surface area contributed by atoms with E-state index in [-0.39, 0.29) is 11.9 Å². The highest BCUT2D eigenvalue weighted by Crippen LogP contribution is 2.35. The van der Waals surface area contributed by atoms with Crippen LogP contribution in [0.25, 0.3) is 0 Å². The van der Waals surface area contributed by atoms with E-state index >= 15 is 0 Å². The second kappa shape index (κ2) is 5.11. The van der Waals surface area contributed by atoms with E-state index in [1.807, 2.05) is 0 Å². The summed E-state index contributed by atoms with van der Waals surface area (Å²) in [7, 11) is 1.72. The van der Waals surface area contributed by atoms with Crippen molar-refractivity contribution in [3.8, 4) is 0 Å². The van der Waals surface area contributed by atoms with Crippen LogP contribution in [-0.2, 0) is 11.2 Å². The van der Waals surface area contributed by atoms with Crippen LogP contribution in [0.15, 0.2) is 18.2 Å². The van der Waals surface area contributed by atoms with Crippen LogP contribution in [0.1, 0.15) is 24.8 Å². The molecule has 1 amide bonds. The molecule has 1 saturated heterocycles. The molecule has 0 spiro atoms. The SMILES string of the molecule is CNC(=O)C1CCCN1c1cccc2c1CCCN2. The first-order valence-corrected chi connectivity index (χ1v) is 7.15. The van der Waals surface area contributed by atoms with Gasteiger partial charge in [0.15, 0.2) is 0 Å². The number of likely N-dealkylation sites (N-methyl/N-ethyl adjacent to an activating group) is 1. The van der Waals surface area contributed by atoms with Crippen molar-refractivity contribution in [2.75, 3.05) is 30.4 Å². The lowest BCUT2D eigenvalue weighted by Gasteiger charge is -2.30. The summed E-state index contributed by atoms with van der Waals surface area (Å²) in [5.74, 6) is 0.138. The Hall–Kier alpha value is -1.71. The van der Waals surface area contributed by atoms with Gasteiger partial charge in [0.2, 0.25) is 5.91 Å². The van der Waals surface area contributed by atoms with Crippen LogP contribution in [0, 0.1) is 0 Å². The monoisotopic (exact) mass is 259 g/mol. The van der Waals surface area contributed by atoms with E-state index < -0.39 is 0 Å². The van der Waals surface area contributed by atoms with Crippen LogP contribution in [0.3, 0.4) is 0 Å². The predicted molar refractivity (Wildman–Crippen MR) is 77.7 cm³/mol. The van der Waals surface area contributed by atoms with Gasteiger partial charge in [-0.1, -0.05) is 6.07 Å². The van der Waals surface area contributed by atoms with Crippen LogP contribution < -0.4 is 15.5 Å². The largest absolute Gasteiger partial charge is 0.385 e. The Labute approximate surface area is 114 Å². The Bertz CT molecular complexity index is 486. The number of amides is 1. The third-order valence-corrected chi connectivity index (χ3v) is 4.18. The van der Waals surface area contributed by atoms with Crippen LogP contribution in [0.5, 0.6) is 0 Å². The lowest BCUT2D eigenvalue weighted by molar-refractivity contribution is -0.121. The number of benzene rings is 1. The van der Waals surface area contributed by atoms with Crippen molar-refractivity contribution in [1.29, 1.82) is 0 Å². The minimum atomic E-state index is -0.00146. The van der Waals surface area contributed by atoms with Gasteiger partial charge in [0.05, 0.1) is 0 Å². The van der Waals surface area contributed by atoms with Crippen molar-refractivity contribution >= 4 is 17.3 Å². The van der Waals surface area contributed by atoms with Gasteiger partial charge in [-0.25, -0.2) is 0 Å². The molecule has 0 saturated carbocycles. The highest BCUT2D eigenvalue weighted by molar-refractivity contribution is 5.86. The Kier molecular flexibility index (Phi) is 3.32. The van der Waals surface area contributed by atoms with E-state index in [0.717, 1.165) is 32.4 Å². The molecule has 2 aliphatic rings. The molecule has 0 aliphatic carbocycles. The Balaban J connectivity index is 1.95. The van der Waals surface area contributed by atoms with E-state index in [1.165, 1.54) is 23.4 Å². The van der Waals surface area contributed by atoms with Gasteiger partial charge in [-0.15, -0.1) is 0 Å². The number of nitrogens with zero attached hydrogens (tertiary/aromatic N) is 1. The molecule has 19 heavy (non-hydrogen) atoms. The molecule has 2 heterocycles. The van der Waals surface area contributed by atoms with Crippen molar-refractivity contribution in [1.82, 2.24) is 5.32 Å². The van der Waals surface area contributed by atoms with Crippen LogP contribution in [0.2, 0.25) is 0 Å². The number of anilines is 2. The summed E-state index contributed by atoms with van der Waals surface area (Å²) in [6.07, 6.45) is 4.32. The second-order valence-electron chi connectivity index (χ2n) is 5.30. The molecule has 0 radical (unpaired) electrons. The van der Waals surface area contributed by atoms with Gasteiger partial charge < -0.3 is 15.5 Å². The van der Waals surface area contributed by atoms with Gasteiger partial charge in [0.25, 0.3) is 0 Å². The molecule has 1 aromatic rings. The lowest BCUT2D eigenvalue weighted by Crippen LogP contribution is -2.42. The summed E-state index contributed by atoms with van der Waals surface area (Å²) < 4.78 is 0. The van der Waals surface area contributed by atoms with E-state index in [2.05, 4.69) is 33.7 Å². The fraction of sp³-hybridized carbons (Fsp3) is 0.533. The topological polar surface area (TPSA) is 44.4 Å². The average molecular weight is 259 g/mol. The number of carbonyl (C=O) groups excluding carboxylic acids is 1. The van der Waals surface area contributed by atoms with Gasteiger partial charge in [-0.3, -0.25) is 4.79 Å². The number of fused-ring (bicyclic) bond motifs is 1. The Morgan fingerprint density at radius 3 is 3.16 bits per heavy atom. The number of hydrogen-bond donors (Lipinski definition) is 2. The molecule has 1 aromatic carbocycles. The molecular formula is C15H21N3O. The molecule has 4 heteroatoms. The molecule has 1 fully saturated rings. The molecule has 0 aromatic heterocycles. The Morgan fingerprint density at radius 2 is 2.32 bits per heavy atom. The molecule has 1 unspecified atom stereocenters. The van der Waals surface area contributed by atoms with Gasteiger partial charge in [0.1, 0.15) is 6.04 Å². The third-order valence-electron chi connectivity index (χ3n) is 4.18. The molecule has 102 valence electrons. The molecule has 2 aliphatic heterocycles. The third kappa shape index (κ3) is 2.15. The van der Waals surface area contributed by atoms with Crippen molar-refractivity contribution < 1.29 is 4.79 Å². The van der Waals surface area contributed by atoms with Crippen LogP contribution in [-0.4, -0.2) is 32.1 Å². The van der Waals surface area contributed by atoms with Gasteiger partial charge in [-0.2, -0.15) is 0 Å². The summed E-state index contributed by atoms with van der Waals surface area (Å²) >= 11 is 0. The highest BCUT2D eigenvalue weighted by Gasteiger charge is 2.32. The van der Waals surface area contributed by atoms with Gasteiger partial charge in [0, 0.05) is 31.5 Å². The zero-order chi connectivity index (χ0) is 13.2. The number of rotatable bonds is 2. The zero-order valence-electron chi connectivity index (χ0n) is 11.4. The van der Waals surface area contributed by atoms with E-state index in [4.69, 9.17) is 0 Å². The molecular weight excluding hydrogens is 238 g/mol. The summed E-state index contributed by atoms with van der Waals surface area (Å²) in [5.41, 5.74) is 3.87. The van der Waals surface area contributed by atoms with Crippen molar-refractivity contribution in [3.05, 3.63) is 23.8 Å². The highest BCUT2D eigenvalue weighted by atomic mass is 16.2. The zero-order valence-corrected chi connectivity index (χ0v) is 11.4. The summed E-state index contributed by atoms with van der Waals surface area (Å²) in [5, 5.41) is 6.25. The van der Waals surface area contributed by atoms with Gasteiger partial charge >= 0.3 is 0 Å². The predicted octanol–water partition coefficient (Wildman–Crippen LogP) is 1.76. The summed E-state index contributed by atoms with van der Waals surface area (Å²) in [4.78, 5) is 14.3. The number of hydrogen-bond acceptors (Lipinski definition) is 3.